The fraction of sp³-hybridized carbons (Fsp3) is 0.400. The first kappa shape index (κ1) is 9.20. The molecule has 1 atom stereocenters. The number of rotatable bonds is 3. The van der Waals surface area contributed by atoms with Crippen LogP contribution in [0.2, 0.25) is 0 Å². The Balaban J connectivity index is 2.63. The normalized spacial score (nSPS) is 12.9. The van der Waals surface area contributed by atoms with Crippen molar-refractivity contribution in [1.82, 2.24) is 0 Å². The van der Waals surface area contributed by atoms with Crippen LogP contribution in [-0.4, -0.2) is 12.7 Å². The van der Waals surface area contributed by atoms with Gasteiger partial charge in [-0.1, -0.05) is 29.8 Å². The Morgan fingerprint density at radius 2 is 2.25 bits per heavy atom. The smallest absolute Gasteiger partial charge is 0.116 e. The third-order valence-corrected chi connectivity index (χ3v) is 1.80. The summed E-state index contributed by atoms with van der Waals surface area (Å²) in [6.45, 7) is 2.10. The molecule has 1 aromatic rings. The summed E-state index contributed by atoms with van der Waals surface area (Å²) in [4.78, 5) is 0. The fourth-order valence-electron chi connectivity index (χ4n) is 1.18. The molecule has 2 N–H and O–H groups in total. The van der Waals surface area contributed by atoms with Crippen LogP contribution in [0.5, 0.6) is 0 Å². The summed E-state index contributed by atoms with van der Waals surface area (Å²) in [6.07, 6.45) is -0.482. The number of alkyl halides is 1. The van der Waals surface area contributed by atoms with Crippen molar-refractivity contribution in [1.29, 1.82) is 0 Å². The van der Waals surface area contributed by atoms with Crippen molar-refractivity contribution in [2.75, 3.05) is 6.54 Å². The van der Waals surface area contributed by atoms with E-state index in [2.05, 4.69) is 0 Å². The average Bonchev–Trinajstić information content (AvgIpc) is 2.04. The number of nitrogens with two attached hydrogens (primary N) is 1. The summed E-state index contributed by atoms with van der Waals surface area (Å²) in [6, 6.07) is 7.85. The fourth-order valence-corrected chi connectivity index (χ4v) is 1.18. The van der Waals surface area contributed by atoms with E-state index in [1.807, 2.05) is 31.2 Å². The summed E-state index contributed by atoms with van der Waals surface area (Å²) in [5.41, 5.74) is 7.37. The molecule has 0 amide bonds. The van der Waals surface area contributed by atoms with Crippen LogP contribution >= 0.6 is 0 Å². The Hall–Kier alpha value is -0.890. The van der Waals surface area contributed by atoms with E-state index in [1.165, 1.54) is 0 Å². The third-order valence-electron chi connectivity index (χ3n) is 1.80. The lowest BCUT2D eigenvalue weighted by Crippen LogP contribution is -2.17. The Labute approximate surface area is 72.4 Å². The van der Waals surface area contributed by atoms with Crippen molar-refractivity contribution in [2.24, 2.45) is 5.73 Å². The Morgan fingerprint density at radius 1 is 1.50 bits per heavy atom. The van der Waals surface area contributed by atoms with Crippen LogP contribution in [0.3, 0.4) is 0 Å². The van der Waals surface area contributed by atoms with E-state index in [9.17, 15) is 4.39 Å². The summed E-state index contributed by atoms with van der Waals surface area (Å²) in [5, 5.41) is 0. The molecule has 0 aliphatic rings. The molecule has 0 radical (unpaired) electrons. The van der Waals surface area contributed by atoms with E-state index in [1.54, 1.807) is 0 Å². The van der Waals surface area contributed by atoms with Gasteiger partial charge in [0.1, 0.15) is 6.17 Å². The molecule has 2 heteroatoms. The lowest BCUT2D eigenvalue weighted by molar-refractivity contribution is 0.340. The number of aryl methyl sites for hydroxylation is 1. The van der Waals surface area contributed by atoms with E-state index in [4.69, 9.17) is 5.73 Å². The molecule has 0 saturated carbocycles. The van der Waals surface area contributed by atoms with Crippen molar-refractivity contribution < 1.29 is 4.39 Å². The summed E-state index contributed by atoms with van der Waals surface area (Å²) >= 11 is 0. The first-order valence-electron chi connectivity index (χ1n) is 4.12. The monoisotopic (exact) mass is 167 g/mol. The highest BCUT2D eigenvalue weighted by molar-refractivity contribution is 5.22. The predicted molar refractivity (Wildman–Crippen MR) is 48.8 cm³/mol. The minimum Gasteiger partial charge on any atom is -0.328 e. The molecule has 0 aliphatic carbocycles. The molecule has 12 heavy (non-hydrogen) atoms. The highest BCUT2D eigenvalue weighted by Crippen LogP contribution is 2.07. The highest BCUT2D eigenvalue weighted by Gasteiger charge is 2.04. The maximum atomic E-state index is 12.8. The number of hydrogen-bond donors (Lipinski definition) is 1. The standard InChI is InChI=1S/C10H14FN/c1-8-3-2-4-9(5-8)6-10(11)7-12/h2-5,10H,6-7,12H2,1H3/t10-/m1/s1. The van der Waals surface area contributed by atoms with Crippen molar-refractivity contribution in [2.45, 2.75) is 19.5 Å². The van der Waals surface area contributed by atoms with E-state index in [0.717, 1.165) is 11.1 Å². The van der Waals surface area contributed by atoms with Crippen molar-refractivity contribution in [3.63, 3.8) is 0 Å². The van der Waals surface area contributed by atoms with Crippen molar-refractivity contribution in [3.05, 3.63) is 35.4 Å². The lowest BCUT2D eigenvalue weighted by Gasteiger charge is -2.05. The molecule has 0 bridgehead atoms. The van der Waals surface area contributed by atoms with Gasteiger partial charge in [0.15, 0.2) is 0 Å². The van der Waals surface area contributed by atoms with Crippen LogP contribution in [0.25, 0.3) is 0 Å². The Kier molecular flexibility index (Phi) is 3.23. The average molecular weight is 167 g/mol. The Morgan fingerprint density at radius 3 is 2.83 bits per heavy atom. The maximum absolute atomic E-state index is 12.8. The third kappa shape index (κ3) is 2.62. The molecule has 0 fully saturated rings. The van der Waals surface area contributed by atoms with Crippen molar-refractivity contribution in [3.8, 4) is 0 Å². The van der Waals surface area contributed by atoms with E-state index >= 15 is 0 Å². The molecule has 66 valence electrons. The second kappa shape index (κ2) is 4.21. The zero-order chi connectivity index (χ0) is 8.97. The van der Waals surface area contributed by atoms with Gasteiger partial charge in [0, 0.05) is 13.0 Å². The first-order chi connectivity index (χ1) is 5.72. The quantitative estimate of drug-likeness (QED) is 0.730. The number of halogens is 1. The zero-order valence-corrected chi connectivity index (χ0v) is 7.26. The molecule has 1 aromatic carbocycles. The maximum Gasteiger partial charge on any atom is 0.116 e. The first-order valence-corrected chi connectivity index (χ1v) is 4.12. The van der Waals surface area contributed by atoms with Crippen LogP contribution < -0.4 is 5.73 Å². The molecule has 0 spiro atoms. The number of benzene rings is 1. The summed E-state index contributed by atoms with van der Waals surface area (Å²) in [7, 11) is 0. The minimum atomic E-state index is -0.910. The molecule has 1 rings (SSSR count). The van der Waals surface area contributed by atoms with Crippen LogP contribution in [-0.2, 0) is 6.42 Å². The number of hydrogen-bond acceptors (Lipinski definition) is 1. The van der Waals surface area contributed by atoms with Gasteiger partial charge in [0.05, 0.1) is 0 Å². The van der Waals surface area contributed by atoms with Gasteiger partial charge < -0.3 is 5.73 Å². The second-order valence-electron chi connectivity index (χ2n) is 3.03. The van der Waals surface area contributed by atoms with Gasteiger partial charge in [-0.3, -0.25) is 0 Å². The van der Waals surface area contributed by atoms with Gasteiger partial charge in [0.25, 0.3) is 0 Å². The summed E-state index contributed by atoms with van der Waals surface area (Å²) < 4.78 is 12.8. The van der Waals surface area contributed by atoms with E-state index < -0.39 is 6.17 Å². The molecule has 0 aliphatic heterocycles. The predicted octanol–water partition coefficient (Wildman–Crippen LogP) is 1.83. The Bertz CT molecular complexity index is 247. The van der Waals surface area contributed by atoms with Gasteiger partial charge in [-0.25, -0.2) is 4.39 Å². The molecule has 0 aromatic heterocycles. The lowest BCUT2D eigenvalue weighted by atomic mass is 10.1. The van der Waals surface area contributed by atoms with Gasteiger partial charge >= 0.3 is 0 Å². The molecular weight excluding hydrogens is 153 g/mol. The molecule has 1 nitrogen and oxygen atoms in total. The van der Waals surface area contributed by atoms with Gasteiger partial charge in [-0.15, -0.1) is 0 Å². The largest absolute Gasteiger partial charge is 0.328 e. The van der Waals surface area contributed by atoms with Gasteiger partial charge in [0.2, 0.25) is 0 Å². The van der Waals surface area contributed by atoms with Crippen LogP contribution in [0, 0.1) is 6.92 Å². The zero-order valence-electron chi connectivity index (χ0n) is 7.26. The second-order valence-corrected chi connectivity index (χ2v) is 3.03. The molecule has 0 unspecified atom stereocenters. The topological polar surface area (TPSA) is 26.0 Å². The van der Waals surface area contributed by atoms with Gasteiger partial charge in [-0.05, 0) is 12.5 Å². The minimum absolute atomic E-state index is 0.105. The highest BCUT2D eigenvalue weighted by atomic mass is 19.1. The SMILES string of the molecule is Cc1cccc(C[C@@H](F)CN)c1. The van der Waals surface area contributed by atoms with E-state index in [-0.39, 0.29) is 6.54 Å². The molecular formula is C10H14FN. The van der Waals surface area contributed by atoms with Crippen LogP contribution in [0.4, 0.5) is 4.39 Å². The molecule has 0 saturated heterocycles. The van der Waals surface area contributed by atoms with Gasteiger partial charge in [-0.2, -0.15) is 0 Å². The van der Waals surface area contributed by atoms with Crippen molar-refractivity contribution >= 4 is 0 Å². The summed E-state index contributed by atoms with van der Waals surface area (Å²) in [5.74, 6) is 0. The molecule has 0 heterocycles. The van der Waals surface area contributed by atoms with Crippen LogP contribution in [0.15, 0.2) is 24.3 Å². The van der Waals surface area contributed by atoms with E-state index in [0.29, 0.717) is 6.42 Å². The van der Waals surface area contributed by atoms with Crippen LogP contribution in [0.1, 0.15) is 11.1 Å².